The number of halogens is 2. The first-order chi connectivity index (χ1) is 13.4. The van der Waals surface area contributed by atoms with Crippen LogP contribution < -0.4 is 20.1 Å². The number of nitrogens with zero attached hydrogens (tertiary/aromatic N) is 1. The van der Waals surface area contributed by atoms with Crippen molar-refractivity contribution in [2.45, 2.75) is 45.6 Å². The van der Waals surface area contributed by atoms with Crippen molar-refractivity contribution >= 4 is 6.03 Å². The van der Waals surface area contributed by atoms with Gasteiger partial charge in [-0.3, -0.25) is 4.90 Å². The van der Waals surface area contributed by atoms with Gasteiger partial charge in [0.05, 0.1) is 19.3 Å². The Bertz CT molecular complexity index is 623. The van der Waals surface area contributed by atoms with Gasteiger partial charge in [0.25, 0.3) is 0 Å². The number of morpholine rings is 1. The van der Waals surface area contributed by atoms with E-state index in [0.717, 1.165) is 26.1 Å². The fourth-order valence-electron chi connectivity index (χ4n) is 3.23. The van der Waals surface area contributed by atoms with Gasteiger partial charge in [0, 0.05) is 32.7 Å². The first kappa shape index (κ1) is 22.2. The van der Waals surface area contributed by atoms with E-state index in [4.69, 9.17) is 9.47 Å². The quantitative estimate of drug-likeness (QED) is 0.623. The van der Waals surface area contributed by atoms with Crippen LogP contribution in [0.2, 0.25) is 0 Å². The standard InChI is InChI=1S/C19H29F2N3O4/c1-13-11-24(12-14(2)27-13)8-4-7-22-19(25)23-10-15-5-6-16(28-18(20)21)17(9-15)26-3/h5-6,9,13-14,18H,4,7-8,10-12H2,1-3H3,(H2,22,23,25). The fourth-order valence-corrected chi connectivity index (χ4v) is 3.23. The first-order valence-electron chi connectivity index (χ1n) is 9.38. The van der Waals surface area contributed by atoms with Gasteiger partial charge in [-0.25, -0.2) is 4.79 Å². The molecule has 0 spiro atoms. The van der Waals surface area contributed by atoms with Gasteiger partial charge in [0.1, 0.15) is 0 Å². The Kier molecular flexibility index (Phi) is 8.72. The largest absolute Gasteiger partial charge is 0.493 e. The highest BCUT2D eigenvalue weighted by Crippen LogP contribution is 2.29. The number of ether oxygens (including phenoxy) is 3. The maximum Gasteiger partial charge on any atom is 0.387 e. The minimum Gasteiger partial charge on any atom is -0.493 e. The van der Waals surface area contributed by atoms with Crippen molar-refractivity contribution in [1.29, 1.82) is 0 Å². The summed E-state index contributed by atoms with van der Waals surface area (Å²) in [6, 6.07) is 4.26. The number of amides is 2. The molecule has 0 saturated carbocycles. The highest BCUT2D eigenvalue weighted by Gasteiger charge is 2.21. The third-order valence-electron chi connectivity index (χ3n) is 4.33. The third kappa shape index (κ3) is 7.47. The minimum absolute atomic E-state index is 0.0440. The van der Waals surface area contributed by atoms with Crippen LogP contribution in [0.15, 0.2) is 18.2 Å². The summed E-state index contributed by atoms with van der Waals surface area (Å²) in [5.41, 5.74) is 0.713. The molecule has 7 nitrogen and oxygen atoms in total. The Morgan fingerprint density at radius 2 is 1.96 bits per heavy atom. The summed E-state index contributed by atoms with van der Waals surface area (Å²) < 4.78 is 39.8. The predicted octanol–water partition coefficient (Wildman–Crippen LogP) is 2.60. The molecule has 1 fully saturated rings. The van der Waals surface area contributed by atoms with Crippen molar-refractivity contribution in [2.75, 3.05) is 33.3 Å². The zero-order valence-corrected chi connectivity index (χ0v) is 16.5. The summed E-state index contributed by atoms with van der Waals surface area (Å²) in [4.78, 5) is 14.3. The lowest BCUT2D eigenvalue weighted by Gasteiger charge is -2.35. The molecule has 0 aromatic heterocycles. The number of benzene rings is 1. The monoisotopic (exact) mass is 401 g/mol. The van der Waals surface area contributed by atoms with Crippen LogP contribution in [0.1, 0.15) is 25.8 Å². The van der Waals surface area contributed by atoms with Gasteiger partial charge >= 0.3 is 12.6 Å². The molecule has 2 amide bonds. The normalized spacial score (nSPS) is 20.1. The maximum absolute atomic E-state index is 12.3. The Hall–Kier alpha value is -2.13. The lowest BCUT2D eigenvalue weighted by Crippen LogP contribution is -2.46. The molecule has 28 heavy (non-hydrogen) atoms. The van der Waals surface area contributed by atoms with Crippen LogP contribution in [0.4, 0.5) is 13.6 Å². The first-order valence-corrected chi connectivity index (χ1v) is 9.38. The lowest BCUT2D eigenvalue weighted by molar-refractivity contribution is -0.0679. The van der Waals surface area contributed by atoms with Gasteiger partial charge in [-0.15, -0.1) is 0 Å². The third-order valence-corrected chi connectivity index (χ3v) is 4.33. The van der Waals surface area contributed by atoms with Gasteiger partial charge in [-0.05, 0) is 38.0 Å². The van der Waals surface area contributed by atoms with Crippen molar-refractivity contribution in [3.63, 3.8) is 0 Å². The van der Waals surface area contributed by atoms with Crippen LogP contribution in [0.25, 0.3) is 0 Å². The molecule has 1 aliphatic heterocycles. The zero-order valence-electron chi connectivity index (χ0n) is 16.5. The molecule has 1 heterocycles. The molecule has 2 rings (SSSR count). The van der Waals surface area contributed by atoms with Crippen molar-refractivity contribution in [2.24, 2.45) is 0 Å². The van der Waals surface area contributed by atoms with E-state index in [1.807, 2.05) is 0 Å². The fraction of sp³-hybridized carbons (Fsp3) is 0.632. The number of alkyl halides is 2. The summed E-state index contributed by atoms with van der Waals surface area (Å²) in [6.07, 6.45) is 1.31. The van der Waals surface area contributed by atoms with Crippen LogP contribution in [0.5, 0.6) is 11.5 Å². The summed E-state index contributed by atoms with van der Waals surface area (Å²) in [6.45, 7) is 4.73. The maximum atomic E-state index is 12.3. The summed E-state index contributed by atoms with van der Waals surface area (Å²) in [5.74, 6) is 0.145. The number of carbonyl (C=O) groups excluding carboxylic acids is 1. The number of hydrogen-bond acceptors (Lipinski definition) is 5. The van der Waals surface area contributed by atoms with Crippen LogP contribution >= 0.6 is 0 Å². The van der Waals surface area contributed by atoms with Gasteiger partial charge in [0.15, 0.2) is 11.5 Å². The zero-order chi connectivity index (χ0) is 20.5. The molecule has 2 atom stereocenters. The van der Waals surface area contributed by atoms with E-state index in [0.29, 0.717) is 12.1 Å². The predicted molar refractivity (Wildman–Crippen MR) is 101 cm³/mol. The number of rotatable bonds is 9. The van der Waals surface area contributed by atoms with E-state index in [-0.39, 0.29) is 36.3 Å². The van der Waals surface area contributed by atoms with Gasteiger partial charge < -0.3 is 24.8 Å². The van der Waals surface area contributed by atoms with Crippen molar-refractivity contribution in [3.8, 4) is 11.5 Å². The molecule has 0 radical (unpaired) electrons. The minimum atomic E-state index is -2.92. The molecular weight excluding hydrogens is 372 g/mol. The highest BCUT2D eigenvalue weighted by molar-refractivity contribution is 5.73. The molecular formula is C19H29F2N3O4. The molecule has 1 saturated heterocycles. The second-order valence-corrected chi connectivity index (χ2v) is 6.84. The summed E-state index contributed by atoms with van der Waals surface area (Å²) >= 11 is 0. The molecule has 158 valence electrons. The molecule has 0 aliphatic carbocycles. The second-order valence-electron chi connectivity index (χ2n) is 6.84. The molecule has 2 N–H and O–H groups in total. The van der Waals surface area contributed by atoms with Crippen LogP contribution in [0.3, 0.4) is 0 Å². The van der Waals surface area contributed by atoms with Crippen molar-refractivity contribution < 1.29 is 27.8 Å². The SMILES string of the molecule is COc1cc(CNC(=O)NCCCN2CC(C)OC(C)C2)ccc1OC(F)F. The average molecular weight is 401 g/mol. The molecule has 1 aromatic rings. The number of hydrogen-bond donors (Lipinski definition) is 2. The molecule has 0 bridgehead atoms. The number of methoxy groups -OCH3 is 1. The number of nitrogens with one attached hydrogen (secondary N) is 2. The van der Waals surface area contributed by atoms with Crippen LogP contribution in [-0.4, -0.2) is 63.0 Å². The summed E-state index contributed by atoms with van der Waals surface area (Å²) in [7, 11) is 1.37. The lowest BCUT2D eigenvalue weighted by atomic mass is 10.2. The summed E-state index contributed by atoms with van der Waals surface area (Å²) in [5, 5.41) is 5.55. The Morgan fingerprint density at radius 3 is 2.61 bits per heavy atom. The average Bonchev–Trinajstić information content (AvgIpc) is 2.63. The molecule has 9 heteroatoms. The Balaban J connectivity index is 1.68. The van der Waals surface area contributed by atoms with E-state index in [2.05, 4.69) is 34.1 Å². The Labute approximate surface area is 164 Å². The number of urea groups is 1. The molecule has 1 aliphatic rings. The van der Waals surface area contributed by atoms with E-state index in [1.165, 1.54) is 13.2 Å². The highest BCUT2D eigenvalue weighted by atomic mass is 19.3. The van der Waals surface area contributed by atoms with E-state index in [9.17, 15) is 13.6 Å². The number of carbonyl (C=O) groups is 1. The van der Waals surface area contributed by atoms with Crippen molar-refractivity contribution in [3.05, 3.63) is 23.8 Å². The van der Waals surface area contributed by atoms with Crippen LogP contribution in [0, 0.1) is 0 Å². The van der Waals surface area contributed by atoms with Crippen molar-refractivity contribution in [1.82, 2.24) is 15.5 Å². The topological polar surface area (TPSA) is 72.1 Å². The van der Waals surface area contributed by atoms with E-state index < -0.39 is 6.61 Å². The Morgan fingerprint density at radius 1 is 1.25 bits per heavy atom. The van der Waals surface area contributed by atoms with E-state index in [1.54, 1.807) is 12.1 Å². The van der Waals surface area contributed by atoms with Gasteiger partial charge in [-0.1, -0.05) is 6.07 Å². The van der Waals surface area contributed by atoms with E-state index >= 15 is 0 Å². The molecule has 1 aromatic carbocycles. The second kappa shape index (κ2) is 11.0. The van der Waals surface area contributed by atoms with Crippen LogP contribution in [-0.2, 0) is 11.3 Å². The molecule has 2 unspecified atom stereocenters. The van der Waals surface area contributed by atoms with Gasteiger partial charge in [-0.2, -0.15) is 8.78 Å². The smallest absolute Gasteiger partial charge is 0.387 e. The van der Waals surface area contributed by atoms with Gasteiger partial charge in [0.2, 0.25) is 0 Å².